The van der Waals surface area contributed by atoms with Gasteiger partial charge in [-0.05, 0) is 42.3 Å². The summed E-state index contributed by atoms with van der Waals surface area (Å²) in [4.78, 5) is 4.52. The third kappa shape index (κ3) is 3.96. The van der Waals surface area contributed by atoms with Crippen LogP contribution in [0, 0.1) is 11.3 Å². The second kappa shape index (κ2) is 7.88. The number of fused-ring (bicyclic) bond motifs is 1. The molecule has 0 amide bonds. The first-order valence-corrected chi connectivity index (χ1v) is 9.29. The number of halogens is 2. The number of allylic oxidation sites excluding steroid dienone is 1. The minimum Gasteiger partial charge on any atom is -0.490 e. The third-order valence-electron chi connectivity index (χ3n) is 3.43. The first-order chi connectivity index (χ1) is 12.1. The van der Waals surface area contributed by atoms with Gasteiger partial charge in [0.15, 0.2) is 5.75 Å². The zero-order valence-electron chi connectivity index (χ0n) is 13.4. The number of rotatable bonds is 5. The van der Waals surface area contributed by atoms with Crippen LogP contribution in [-0.2, 0) is 0 Å². The lowest BCUT2D eigenvalue weighted by molar-refractivity contribution is 0.318. The van der Waals surface area contributed by atoms with Gasteiger partial charge < -0.3 is 4.74 Å². The van der Waals surface area contributed by atoms with Gasteiger partial charge in [-0.1, -0.05) is 42.3 Å². The molecule has 0 spiro atoms. The van der Waals surface area contributed by atoms with Crippen LogP contribution in [0.15, 0.2) is 36.4 Å². The zero-order valence-corrected chi connectivity index (χ0v) is 15.8. The molecule has 0 radical (unpaired) electrons. The monoisotopic (exact) mass is 388 g/mol. The molecule has 0 atom stereocenters. The fourth-order valence-electron chi connectivity index (χ4n) is 2.30. The van der Waals surface area contributed by atoms with E-state index in [1.165, 1.54) is 11.3 Å². The molecule has 0 N–H and O–H groups in total. The number of thiazole rings is 1. The molecule has 25 heavy (non-hydrogen) atoms. The zero-order chi connectivity index (χ0) is 17.8. The molecule has 3 aromatic rings. The largest absolute Gasteiger partial charge is 0.490 e. The highest BCUT2D eigenvalue weighted by molar-refractivity contribution is 7.19. The lowest BCUT2D eigenvalue weighted by atomic mass is 10.1. The van der Waals surface area contributed by atoms with Gasteiger partial charge in [-0.25, -0.2) is 4.98 Å². The lowest BCUT2D eigenvalue weighted by Gasteiger charge is -2.10. The highest BCUT2D eigenvalue weighted by atomic mass is 35.5. The Morgan fingerprint density at radius 1 is 1.28 bits per heavy atom. The molecule has 0 saturated carbocycles. The Balaban J connectivity index is 1.98. The van der Waals surface area contributed by atoms with Crippen LogP contribution in [0.25, 0.3) is 21.9 Å². The van der Waals surface area contributed by atoms with Crippen molar-refractivity contribution in [1.82, 2.24) is 4.98 Å². The van der Waals surface area contributed by atoms with Crippen LogP contribution in [0.5, 0.6) is 5.75 Å². The number of nitriles is 1. The number of nitrogens with zero attached hydrogens (tertiary/aromatic N) is 2. The molecule has 0 aliphatic carbocycles. The number of para-hydroxylation sites is 1. The summed E-state index contributed by atoms with van der Waals surface area (Å²) in [5.41, 5.74) is 2.08. The van der Waals surface area contributed by atoms with E-state index in [4.69, 9.17) is 27.9 Å². The van der Waals surface area contributed by atoms with Gasteiger partial charge in [0.1, 0.15) is 11.1 Å². The van der Waals surface area contributed by atoms with Crippen molar-refractivity contribution in [3.63, 3.8) is 0 Å². The fourth-order valence-corrected chi connectivity index (χ4v) is 3.85. The van der Waals surface area contributed by atoms with Crippen LogP contribution in [0.4, 0.5) is 0 Å². The van der Waals surface area contributed by atoms with Gasteiger partial charge in [-0.3, -0.25) is 0 Å². The van der Waals surface area contributed by atoms with Gasteiger partial charge in [-0.15, -0.1) is 11.3 Å². The topological polar surface area (TPSA) is 45.9 Å². The molecule has 3 nitrogen and oxygen atoms in total. The SMILES string of the molecule is CCCOc1c(Cl)cc(/C=C(/C#N)c2nc3ccccc3s2)cc1Cl. The summed E-state index contributed by atoms with van der Waals surface area (Å²) in [6, 6.07) is 13.5. The average Bonchev–Trinajstić information content (AvgIpc) is 3.03. The molecule has 0 aliphatic rings. The minimum atomic E-state index is 0.425. The van der Waals surface area contributed by atoms with Crippen molar-refractivity contribution >= 4 is 56.4 Å². The Morgan fingerprint density at radius 3 is 2.64 bits per heavy atom. The summed E-state index contributed by atoms with van der Waals surface area (Å²) in [5, 5.41) is 11.1. The molecule has 2 aromatic carbocycles. The predicted molar refractivity (Wildman–Crippen MR) is 105 cm³/mol. The van der Waals surface area contributed by atoms with Crippen molar-refractivity contribution in [3.8, 4) is 11.8 Å². The normalized spacial score (nSPS) is 11.5. The summed E-state index contributed by atoms with van der Waals surface area (Å²) >= 11 is 14.0. The first kappa shape index (κ1) is 17.8. The van der Waals surface area contributed by atoms with E-state index in [-0.39, 0.29) is 0 Å². The van der Waals surface area contributed by atoms with Crippen LogP contribution >= 0.6 is 34.5 Å². The van der Waals surface area contributed by atoms with Crippen LogP contribution in [0.2, 0.25) is 10.0 Å². The highest BCUT2D eigenvalue weighted by Crippen LogP contribution is 2.36. The summed E-state index contributed by atoms with van der Waals surface area (Å²) < 4.78 is 6.61. The van der Waals surface area contributed by atoms with E-state index in [1.54, 1.807) is 18.2 Å². The van der Waals surface area contributed by atoms with E-state index < -0.39 is 0 Å². The average molecular weight is 389 g/mol. The molecular formula is C19H14Cl2N2OS. The molecular weight excluding hydrogens is 375 g/mol. The molecule has 0 saturated heterocycles. The second-order valence-electron chi connectivity index (χ2n) is 5.32. The van der Waals surface area contributed by atoms with Gasteiger partial charge in [-0.2, -0.15) is 5.26 Å². The Kier molecular flexibility index (Phi) is 5.60. The fraction of sp³-hybridized carbons (Fsp3) is 0.158. The number of hydrogen-bond acceptors (Lipinski definition) is 4. The maximum atomic E-state index is 9.53. The van der Waals surface area contributed by atoms with Crippen molar-refractivity contribution in [3.05, 3.63) is 57.0 Å². The summed E-state index contributed by atoms with van der Waals surface area (Å²) in [7, 11) is 0. The summed E-state index contributed by atoms with van der Waals surface area (Å²) in [6.07, 6.45) is 2.60. The molecule has 0 unspecified atom stereocenters. The van der Waals surface area contributed by atoms with Crippen molar-refractivity contribution in [2.75, 3.05) is 6.61 Å². The maximum absolute atomic E-state index is 9.53. The van der Waals surface area contributed by atoms with E-state index in [0.717, 1.165) is 22.2 Å². The van der Waals surface area contributed by atoms with Crippen LogP contribution < -0.4 is 4.74 Å². The second-order valence-corrected chi connectivity index (χ2v) is 7.16. The van der Waals surface area contributed by atoms with Gasteiger partial charge in [0, 0.05) is 0 Å². The van der Waals surface area contributed by atoms with Crippen LogP contribution in [-0.4, -0.2) is 11.6 Å². The molecule has 126 valence electrons. The highest BCUT2D eigenvalue weighted by Gasteiger charge is 2.12. The van der Waals surface area contributed by atoms with E-state index in [1.807, 2.05) is 31.2 Å². The smallest absolute Gasteiger partial charge is 0.156 e. The van der Waals surface area contributed by atoms with Gasteiger partial charge in [0.05, 0.1) is 32.4 Å². The van der Waals surface area contributed by atoms with Crippen molar-refractivity contribution in [1.29, 1.82) is 5.26 Å². The van der Waals surface area contributed by atoms with Crippen molar-refractivity contribution in [2.24, 2.45) is 0 Å². The first-order valence-electron chi connectivity index (χ1n) is 7.72. The molecule has 0 fully saturated rings. The summed E-state index contributed by atoms with van der Waals surface area (Å²) in [5.74, 6) is 0.473. The maximum Gasteiger partial charge on any atom is 0.156 e. The summed E-state index contributed by atoms with van der Waals surface area (Å²) in [6.45, 7) is 2.56. The van der Waals surface area contributed by atoms with Crippen molar-refractivity contribution in [2.45, 2.75) is 13.3 Å². The Morgan fingerprint density at radius 2 is 2.00 bits per heavy atom. The van der Waals surface area contributed by atoms with E-state index in [9.17, 15) is 5.26 Å². The number of ether oxygens (including phenoxy) is 1. The van der Waals surface area contributed by atoms with Crippen molar-refractivity contribution < 1.29 is 4.74 Å². The van der Waals surface area contributed by atoms with E-state index in [2.05, 4.69) is 11.1 Å². The molecule has 1 heterocycles. The number of hydrogen-bond donors (Lipinski definition) is 0. The predicted octanol–water partition coefficient (Wildman–Crippen LogP) is 6.46. The molecule has 6 heteroatoms. The number of benzene rings is 2. The third-order valence-corrected chi connectivity index (χ3v) is 5.06. The Hall–Kier alpha value is -2.06. The standard InChI is InChI=1S/C19H14Cl2N2OS/c1-2-7-24-18-14(20)9-12(10-15(18)21)8-13(11-22)19-23-16-5-3-4-6-17(16)25-19/h3-6,8-10H,2,7H2,1H3/b13-8-. The molecule has 3 rings (SSSR count). The molecule has 0 bridgehead atoms. The van der Waals surface area contributed by atoms with Gasteiger partial charge in [0.25, 0.3) is 0 Å². The number of aromatic nitrogens is 1. The minimum absolute atomic E-state index is 0.425. The Labute approximate surface area is 160 Å². The molecule has 0 aliphatic heterocycles. The van der Waals surface area contributed by atoms with E-state index >= 15 is 0 Å². The van der Waals surface area contributed by atoms with Gasteiger partial charge in [0.2, 0.25) is 0 Å². The van der Waals surface area contributed by atoms with Crippen LogP contribution in [0.3, 0.4) is 0 Å². The Bertz CT molecular complexity index is 932. The van der Waals surface area contributed by atoms with Gasteiger partial charge >= 0.3 is 0 Å². The lowest BCUT2D eigenvalue weighted by Crippen LogP contribution is -1.96. The molecule has 1 aromatic heterocycles. The van der Waals surface area contributed by atoms with Crippen LogP contribution in [0.1, 0.15) is 23.9 Å². The van der Waals surface area contributed by atoms with E-state index in [0.29, 0.717) is 33.0 Å². The quantitative estimate of drug-likeness (QED) is 0.471.